The molecular formula is C20H17F3N4O4. The lowest BCUT2D eigenvalue weighted by molar-refractivity contribution is -0.159. The van der Waals surface area contributed by atoms with E-state index in [2.05, 4.69) is 14.7 Å². The summed E-state index contributed by atoms with van der Waals surface area (Å²) in [6.45, 7) is 3.12. The number of hydrogen-bond donors (Lipinski definition) is 0. The Kier molecular flexibility index (Phi) is 4.23. The molecule has 0 saturated carbocycles. The lowest BCUT2D eigenvalue weighted by atomic mass is 9.77. The molecule has 162 valence electrons. The highest BCUT2D eigenvalue weighted by Gasteiger charge is 2.51. The molecule has 5 rings (SSSR count). The number of anilines is 2. The maximum Gasteiger partial charge on any atom is 0.471 e. The van der Waals surface area contributed by atoms with Gasteiger partial charge in [0.1, 0.15) is 11.4 Å². The molecule has 1 aromatic heterocycles. The molecule has 0 aliphatic carbocycles. The standard InChI is InChI=1S/C20H17F3N4O4/c1-26(13-14(16(29)15(13)28)27-7-19(8-27)9-30-10-19)6-11-2-4-12(5-3-11)17-24-18(31-25-17)20(21,22)23/h2-5H,6-10H2,1H3. The summed E-state index contributed by atoms with van der Waals surface area (Å²) < 4.78 is 47.3. The summed E-state index contributed by atoms with van der Waals surface area (Å²) in [6.07, 6.45) is -4.70. The van der Waals surface area contributed by atoms with Gasteiger partial charge in [-0.1, -0.05) is 29.4 Å². The van der Waals surface area contributed by atoms with Gasteiger partial charge in [0.05, 0.1) is 18.6 Å². The first-order chi connectivity index (χ1) is 14.7. The third kappa shape index (κ3) is 3.19. The van der Waals surface area contributed by atoms with Gasteiger partial charge in [-0.15, -0.1) is 0 Å². The highest BCUT2D eigenvalue weighted by molar-refractivity contribution is 5.77. The van der Waals surface area contributed by atoms with Crippen LogP contribution in [0.15, 0.2) is 38.4 Å². The van der Waals surface area contributed by atoms with Crippen molar-refractivity contribution >= 4 is 11.4 Å². The largest absolute Gasteiger partial charge is 0.471 e. The number of hydrogen-bond acceptors (Lipinski definition) is 8. The van der Waals surface area contributed by atoms with E-state index in [9.17, 15) is 22.8 Å². The second-order valence-corrected chi connectivity index (χ2v) is 8.18. The number of aromatic nitrogens is 2. The Hall–Kier alpha value is -3.21. The molecule has 11 heteroatoms. The second-order valence-electron chi connectivity index (χ2n) is 8.18. The Labute approximate surface area is 173 Å². The molecule has 0 unspecified atom stereocenters. The van der Waals surface area contributed by atoms with Gasteiger partial charge in [-0.3, -0.25) is 9.59 Å². The number of halogens is 3. The zero-order chi connectivity index (χ0) is 22.0. The minimum atomic E-state index is -4.70. The van der Waals surface area contributed by atoms with Crippen molar-refractivity contribution in [3.8, 4) is 11.4 Å². The Bertz CT molecular complexity index is 1200. The fourth-order valence-corrected chi connectivity index (χ4v) is 4.08. The maximum atomic E-state index is 12.6. The molecule has 8 nitrogen and oxygen atoms in total. The molecule has 2 aliphatic heterocycles. The SMILES string of the molecule is CN(Cc1ccc(-c2noc(C(F)(F)F)n2)cc1)c1c(N2CC3(COC3)C2)c(=O)c1=O. The van der Waals surface area contributed by atoms with Crippen LogP contribution in [0.4, 0.5) is 24.5 Å². The molecule has 1 spiro atoms. The van der Waals surface area contributed by atoms with E-state index >= 15 is 0 Å². The summed E-state index contributed by atoms with van der Waals surface area (Å²) in [7, 11) is 1.73. The number of benzene rings is 1. The van der Waals surface area contributed by atoms with Crippen molar-refractivity contribution in [2.45, 2.75) is 12.7 Å². The Morgan fingerprint density at radius 1 is 1.13 bits per heavy atom. The molecule has 3 aromatic rings. The van der Waals surface area contributed by atoms with Crippen LogP contribution in [0.2, 0.25) is 0 Å². The monoisotopic (exact) mass is 434 g/mol. The van der Waals surface area contributed by atoms with Gasteiger partial charge in [0, 0.05) is 32.2 Å². The predicted octanol–water partition coefficient (Wildman–Crippen LogP) is 1.82. The van der Waals surface area contributed by atoms with E-state index in [1.807, 2.05) is 4.90 Å². The smallest absolute Gasteiger partial charge is 0.380 e. The van der Waals surface area contributed by atoms with Crippen LogP contribution >= 0.6 is 0 Å². The van der Waals surface area contributed by atoms with E-state index in [1.54, 1.807) is 36.2 Å². The minimum absolute atomic E-state index is 0.118. The van der Waals surface area contributed by atoms with Gasteiger partial charge in [0.2, 0.25) is 5.82 Å². The van der Waals surface area contributed by atoms with Crippen molar-refractivity contribution in [1.29, 1.82) is 0 Å². The summed E-state index contributed by atoms with van der Waals surface area (Å²) in [5.74, 6) is -1.57. The van der Waals surface area contributed by atoms with E-state index in [4.69, 9.17) is 4.74 Å². The molecule has 3 heterocycles. The topological polar surface area (TPSA) is 88.8 Å². The first-order valence-corrected chi connectivity index (χ1v) is 9.54. The van der Waals surface area contributed by atoms with Crippen molar-refractivity contribution in [3.05, 3.63) is 56.2 Å². The maximum absolute atomic E-state index is 12.6. The fraction of sp³-hybridized carbons (Fsp3) is 0.400. The van der Waals surface area contributed by atoms with Crippen LogP contribution < -0.4 is 20.7 Å². The minimum Gasteiger partial charge on any atom is -0.380 e. The zero-order valence-electron chi connectivity index (χ0n) is 16.4. The first-order valence-electron chi connectivity index (χ1n) is 9.54. The van der Waals surface area contributed by atoms with E-state index in [0.717, 1.165) is 5.56 Å². The summed E-state index contributed by atoms with van der Waals surface area (Å²) >= 11 is 0. The van der Waals surface area contributed by atoms with E-state index in [-0.39, 0.29) is 11.2 Å². The molecule has 2 aromatic carbocycles. The van der Waals surface area contributed by atoms with Crippen LogP contribution in [-0.4, -0.2) is 43.5 Å². The van der Waals surface area contributed by atoms with Crippen molar-refractivity contribution in [1.82, 2.24) is 10.1 Å². The molecule has 31 heavy (non-hydrogen) atoms. The molecular weight excluding hydrogens is 417 g/mol. The third-order valence-electron chi connectivity index (χ3n) is 5.73. The van der Waals surface area contributed by atoms with E-state index in [1.165, 1.54) is 0 Å². The number of alkyl halides is 3. The molecule has 0 bridgehead atoms. The number of ether oxygens (including phenoxy) is 1. The summed E-state index contributed by atoms with van der Waals surface area (Å²) in [6, 6.07) is 6.55. The molecule has 2 fully saturated rings. The normalized spacial score (nSPS) is 17.6. The van der Waals surface area contributed by atoms with Crippen LogP contribution in [-0.2, 0) is 17.5 Å². The van der Waals surface area contributed by atoms with Gasteiger partial charge >= 0.3 is 12.1 Å². The van der Waals surface area contributed by atoms with Crippen molar-refractivity contribution in [3.63, 3.8) is 0 Å². The van der Waals surface area contributed by atoms with Crippen LogP contribution in [0, 0.1) is 5.41 Å². The van der Waals surface area contributed by atoms with Gasteiger partial charge in [0.25, 0.3) is 10.9 Å². The summed E-state index contributed by atoms with van der Waals surface area (Å²) in [5.41, 5.74) is 1.15. The van der Waals surface area contributed by atoms with Gasteiger partial charge in [-0.05, 0) is 5.56 Å². The molecule has 0 N–H and O–H groups in total. The van der Waals surface area contributed by atoms with E-state index < -0.39 is 22.9 Å². The van der Waals surface area contributed by atoms with Gasteiger partial charge in [-0.25, -0.2) is 0 Å². The fourth-order valence-electron chi connectivity index (χ4n) is 4.08. The van der Waals surface area contributed by atoms with Gasteiger partial charge in [0.15, 0.2) is 0 Å². The highest BCUT2D eigenvalue weighted by atomic mass is 19.4. The first kappa shape index (κ1) is 19.7. The van der Waals surface area contributed by atoms with Gasteiger partial charge in [-0.2, -0.15) is 18.2 Å². The average Bonchev–Trinajstić information content (AvgIpc) is 3.15. The quantitative estimate of drug-likeness (QED) is 0.562. The molecule has 2 saturated heterocycles. The zero-order valence-corrected chi connectivity index (χ0v) is 16.4. The van der Waals surface area contributed by atoms with Crippen molar-refractivity contribution in [2.75, 3.05) is 43.2 Å². The molecule has 0 radical (unpaired) electrons. The lowest BCUT2D eigenvalue weighted by Gasteiger charge is -2.56. The van der Waals surface area contributed by atoms with Crippen LogP contribution in [0.3, 0.4) is 0 Å². The Morgan fingerprint density at radius 2 is 1.81 bits per heavy atom. The lowest BCUT2D eigenvalue weighted by Crippen LogP contribution is -2.68. The third-order valence-corrected chi connectivity index (χ3v) is 5.73. The summed E-state index contributed by atoms with van der Waals surface area (Å²) in [4.78, 5) is 31.3. The predicted molar refractivity (Wildman–Crippen MR) is 104 cm³/mol. The Morgan fingerprint density at radius 3 is 2.35 bits per heavy atom. The highest BCUT2D eigenvalue weighted by Crippen LogP contribution is 2.41. The van der Waals surface area contributed by atoms with Gasteiger partial charge < -0.3 is 19.1 Å². The van der Waals surface area contributed by atoms with Crippen molar-refractivity contribution < 1.29 is 22.4 Å². The van der Waals surface area contributed by atoms with Crippen LogP contribution in [0.5, 0.6) is 0 Å². The van der Waals surface area contributed by atoms with E-state index in [0.29, 0.717) is 49.8 Å². The number of nitrogens with zero attached hydrogens (tertiary/aromatic N) is 4. The molecule has 2 aliphatic rings. The average molecular weight is 434 g/mol. The van der Waals surface area contributed by atoms with Crippen LogP contribution in [0.25, 0.3) is 11.4 Å². The summed E-state index contributed by atoms with van der Waals surface area (Å²) in [5, 5.41) is 3.36. The Balaban J connectivity index is 1.29. The molecule has 0 amide bonds. The second kappa shape index (κ2) is 6.64. The van der Waals surface area contributed by atoms with Crippen molar-refractivity contribution in [2.24, 2.45) is 5.41 Å². The van der Waals surface area contributed by atoms with Crippen LogP contribution in [0.1, 0.15) is 11.5 Å². The molecule has 0 atom stereocenters. The number of rotatable bonds is 5.